The molecule has 23 heavy (non-hydrogen) atoms. The fourth-order valence-electron chi connectivity index (χ4n) is 3.19. The number of anilines is 1. The van der Waals surface area contributed by atoms with Crippen molar-refractivity contribution in [1.82, 2.24) is 9.88 Å². The predicted octanol–water partition coefficient (Wildman–Crippen LogP) is 4.32. The maximum Gasteiger partial charge on any atom is 0.0737 e. The standard InChI is InChI=1S/C19H18ClN3/c20-16-5-6-17-18(7-8-21-19(17)11-16)22-9-10-23-12-14-3-1-2-4-15(14)13-23/h1-8,11H,9-10,12-13H2,(H,21,22). The largest absolute Gasteiger partial charge is 0.383 e. The molecule has 0 saturated heterocycles. The van der Waals surface area contributed by atoms with Gasteiger partial charge in [0.2, 0.25) is 0 Å². The minimum absolute atomic E-state index is 0.719. The maximum atomic E-state index is 6.04. The fourth-order valence-corrected chi connectivity index (χ4v) is 3.35. The van der Waals surface area contributed by atoms with Crippen molar-refractivity contribution in [3.8, 4) is 0 Å². The Balaban J connectivity index is 1.41. The van der Waals surface area contributed by atoms with Crippen molar-refractivity contribution < 1.29 is 0 Å². The Bertz CT molecular complexity index is 822. The molecule has 0 aliphatic carbocycles. The summed E-state index contributed by atoms with van der Waals surface area (Å²) in [6, 6.07) is 16.6. The van der Waals surface area contributed by atoms with Crippen LogP contribution in [0.2, 0.25) is 5.02 Å². The van der Waals surface area contributed by atoms with E-state index in [0.29, 0.717) is 0 Å². The number of hydrogen-bond acceptors (Lipinski definition) is 3. The summed E-state index contributed by atoms with van der Waals surface area (Å²) in [5.41, 5.74) is 4.95. The van der Waals surface area contributed by atoms with Crippen LogP contribution in [0.15, 0.2) is 54.7 Å². The molecule has 0 radical (unpaired) electrons. The van der Waals surface area contributed by atoms with Gasteiger partial charge in [-0.3, -0.25) is 9.88 Å². The summed E-state index contributed by atoms with van der Waals surface area (Å²) in [4.78, 5) is 6.85. The van der Waals surface area contributed by atoms with E-state index in [2.05, 4.69) is 39.5 Å². The third kappa shape index (κ3) is 3.03. The Kier molecular flexibility index (Phi) is 3.90. The summed E-state index contributed by atoms with van der Waals surface area (Å²) in [6.45, 7) is 4.02. The van der Waals surface area contributed by atoms with Gasteiger partial charge in [-0.15, -0.1) is 0 Å². The van der Waals surface area contributed by atoms with Gasteiger partial charge in [-0.1, -0.05) is 35.9 Å². The number of benzene rings is 2. The van der Waals surface area contributed by atoms with Gasteiger partial charge in [-0.25, -0.2) is 0 Å². The van der Waals surface area contributed by atoms with E-state index in [-0.39, 0.29) is 0 Å². The Morgan fingerprint density at radius 1 is 1.04 bits per heavy atom. The van der Waals surface area contributed by atoms with Crippen LogP contribution in [-0.2, 0) is 13.1 Å². The summed E-state index contributed by atoms with van der Waals surface area (Å²) >= 11 is 6.04. The summed E-state index contributed by atoms with van der Waals surface area (Å²) in [5.74, 6) is 0. The first-order valence-electron chi connectivity index (χ1n) is 7.87. The van der Waals surface area contributed by atoms with Crippen LogP contribution >= 0.6 is 11.6 Å². The zero-order valence-electron chi connectivity index (χ0n) is 12.8. The van der Waals surface area contributed by atoms with Gasteiger partial charge in [0.15, 0.2) is 0 Å². The quantitative estimate of drug-likeness (QED) is 0.775. The van der Waals surface area contributed by atoms with Gasteiger partial charge in [0.1, 0.15) is 0 Å². The molecular weight excluding hydrogens is 306 g/mol. The Hall–Kier alpha value is -2.10. The highest BCUT2D eigenvalue weighted by Crippen LogP contribution is 2.25. The van der Waals surface area contributed by atoms with Gasteiger partial charge < -0.3 is 5.32 Å². The molecule has 0 spiro atoms. The molecule has 1 aliphatic heterocycles. The lowest BCUT2D eigenvalue weighted by molar-refractivity contribution is 0.296. The Labute approximate surface area is 140 Å². The molecule has 2 heterocycles. The van der Waals surface area contributed by atoms with Crippen molar-refractivity contribution in [3.63, 3.8) is 0 Å². The molecule has 1 aromatic heterocycles. The molecule has 0 unspecified atom stereocenters. The van der Waals surface area contributed by atoms with Crippen molar-refractivity contribution in [2.24, 2.45) is 0 Å². The molecule has 4 heteroatoms. The number of rotatable bonds is 4. The average molecular weight is 324 g/mol. The van der Waals surface area contributed by atoms with E-state index in [0.717, 1.165) is 47.8 Å². The number of nitrogens with one attached hydrogen (secondary N) is 1. The lowest BCUT2D eigenvalue weighted by Crippen LogP contribution is -2.24. The molecule has 0 amide bonds. The molecule has 3 aromatic rings. The lowest BCUT2D eigenvalue weighted by Gasteiger charge is -2.16. The van der Waals surface area contributed by atoms with Crippen LogP contribution in [0.25, 0.3) is 10.9 Å². The van der Waals surface area contributed by atoms with Crippen LogP contribution in [0.5, 0.6) is 0 Å². The normalized spacial score (nSPS) is 14.1. The number of nitrogens with zero attached hydrogens (tertiary/aromatic N) is 2. The van der Waals surface area contributed by atoms with Gasteiger partial charge in [-0.05, 0) is 35.4 Å². The highest BCUT2D eigenvalue weighted by Gasteiger charge is 2.17. The van der Waals surface area contributed by atoms with Gasteiger partial charge in [0.05, 0.1) is 5.52 Å². The van der Waals surface area contributed by atoms with Crippen LogP contribution in [0.1, 0.15) is 11.1 Å². The minimum Gasteiger partial charge on any atom is -0.383 e. The summed E-state index contributed by atoms with van der Waals surface area (Å²) in [7, 11) is 0. The number of pyridine rings is 1. The second-order valence-electron chi connectivity index (χ2n) is 5.93. The van der Waals surface area contributed by atoms with Crippen molar-refractivity contribution in [2.75, 3.05) is 18.4 Å². The molecule has 0 saturated carbocycles. The molecule has 3 nitrogen and oxygen atoms in total. The molecule has 1 aliphatic rings. The van der Waals surface area contributed by atoms with Crippen LogP contribution in [0, 0.1) is 0 Å². The third-order valence-electron chi connectivity index (χ3n) is 4.35. The van der Waals surface area contributed by atoms with Gasteiger partial charge in [0, 0.05) is 48.5 Å². The van der Waals surface area contributed by atoms with Gasteiger partial charge in [-0.2, -0.15) is 0 Å². The Morgan fingerprint density at radius 3 is 2.61 bits per heavy atom. The molecule has 0 bridgehead atoms. The molecule has 116 valence electrons. The molecule has 2 aromatic carbocycles. The first-order valence-corrected chi connectivity index (χ1v) is 8.25. The van der Waals surface area contributed by atoms with Gasteiger partial charge in [0.25, 0.3) is 0 Å². The monoisotopic (exact) mass is 323 g/mol. The van der Waals surface area contributed by atoms with E-state index in [1.807, 2.05) is 30.5 Å². The summed E-state index contributed by atoms with van der Waals surface area (Å²) in [6.07, 6.45) is 1.83. The Morgan fingerprint density at radius 2 is 1.83 bits per heavy atom. The van der Waals surface area contributed by atoms with Crippen LogP contribution in [-0.4, -0.2) is 23.0 Å². The number of aromatic nitrogens is 1. The highest BCUT2D eigenvalue weighted by atomic mass is 35.5. The summed E-state index contributed by atoms with van der Waals surface area (Å²) < 4.78 is 0. The smallest absolute Gasteiger partial charge is 0.0737 e. The van der Waals surface area contributed by atoms with E-state index in [1.165, 1.54) is 11.1 Å². The van der Waals surface area contributed by atoms with Crippen LogP contribution < -0.4 is 5.32 Å². The highest BCUT2D eigenvalue weighted by molar-refractivity contribution is 6.31. The van der Waals surface area contributed by atoms with Gasteiger partial charge >= 0.3 is 0 Å². The molecule has 4 rings (SSSR count). The van der Waals surface area contributed by atoms with E-state index >= 15 is 0 Å². The summed E-state index contributed by atoms with van der Waals surface area (Å²) in [5, 5.41) is 5.37. The fraction of sp³-hybridized carbons (Fsp3) is 0.211. The first-order chi connectivity index (χ1) is 11.3. The maximum absolute atomic E-state index is 6.04. The van der Waals surface area contributed by atoms with E-state index in [4.69, 9.17) is 11.6 Å². The third-order valence-corrected chi connectivity index (χ3v) is 4.59. The SMILES string of the molecule is Clc1ccc2c(NCCN3Cc4ccccc4C3)ccnc2c1. The second-order valence-corrected chi connectivity index (χ2v) is 6.36. The zero-order chi connectivity index (χ0) is 15.6. The number of hydrogen-bond donors (Lipinski definition) is 1. The van der Waals surface area contributed by atoms with Crippen molar-refractivity contribution in [2.45, 2.75) is 13.1 Å². The van der Waals surface area contributed by atoms with E-state index in [9.17, 15) is 0 Å². The molecular formula is C19H18ClN3. The van der Waals surface area contributed by atoms with Crippen molar-refractivity contribution in [3.05, 3.63) is 70.9 Å². The average Bonchev–Trinajstić information content (AvgIpc) is 2.97. The van der Waals surface area contributed by atoms with Crippen molar-refractivity contribution in [1.29, 1.82) is 0 Å². The molecule has 1 N–H and O–H groups in total. The number of halogens is 1. The number of fused-ring (bicyclic) bond motifs is 2. The first kappa shape index (κ1) is 14.5. The van der Waals surface area contributed by atoms with Crippen LogP contribution in [0.4, 0.5) is 5.69 Å². The van der Waals surface area contributed by atoms with E-state index < -0.39 is 0 Å². The topological polar surface area (TPSA) is 28.2 Å². The minimum atomic E-state index is 0.719. The van der Waals surface area contributed by atoms with E-state index in [1.54, 1.807) is 0 Å². The van der Waals surface area contributed by atoms with Crippen LogP contribution in [0.3, 0.4) is 0 Å². The lowest BCUT2D eigenvalue weighted by atomic mass is 10.1. The van der Waals surface area contributed by atoms with Crippen molar-refractivity contribution >= 4 is 28.2 Å². The molecule has 0 atom stereocenters. The zero-order valence-corrected chi connectivity index (χ0v) is 13.6. The molecule has 0 fully saturated rings. The second kappa shape index (κ2) is 6.19. The predicted molar refractivity (Wildman–Crippen MR) is 95.8 cm³/mol.